The van der Waals surface area contributed by atoms with Gasteiger partial charge in [-0.1, -0.05) is 0 Å². The van der Waals surface area contributed by atoms with E-state index in [0.717, 1.165) is 0 Å². The monoisotopic (exact) mass is 227 g/mol. The molecule has 6 heteroatoms. The molecule has 1 rings (SSSR count). The Bertz CT molecular complexity index is 390. The third-order valence-electron chi connectivity index (χ3n) is 2.05. The molecule has 4 nitrogen and oxygen atoms in total. The third kappa shape index (κ3) is 2.44. The zero-order valence-electron chi connectivity index (χ0n) is 8.70. The molecule has 2 N–H and O–H groups in total. The molecule has 0 amide bonds. The van der Waals surface area contributed by atoms with Crippen LogP contribution in [0.1, 0.15) is 23.2 Å². The zero-order valence-corrected chi connectivity index (χ0v) is 8.70. The van der Waals surface area contributed by atoms with E-state index >= 15 is 0 Å². The number of alkyl halides is 2. The number of methoxy groups -OCH3 is 1. The summed E-state index contributed by atoms with van der Waals surface area (Å²) in [6, 6.07) is 3.30. The number of halogens is 2. The van der Waals surface area contributed by atoms with Crippen molar-refractivity contribution in [2.24, 2.45) is 5.73 Å². The molecular weight excluding hydrogens is 216 g/mol. The summed E-state index contributed by atoms with van der Waals surface area (Å²) in [5, 5.41) is 8.52. The molecule has 0 saturated heterocycles. The van der Waals surface area contributed by atoms with Gasteiger partial charge in [-0.3, -0.25) is 0 Å². The Hall–Kier alpha value is -1.74. The number of hydrogen-bond acceptors (Lipinski definition) is 4. The predicted molar refractivity (Wildman–Crippen MR) is 53.0 cm³/mol. The fraction of sp³-hybridized carbons (Fsp3) is 0.400. The van der Waals surface area contributed by atoms with Crippen LogP contribution in [0.25, 0.3) is 0 Å². The minimum Gasteiger partial charge on any atom is -0.481 e. The first kappa shape index (κ1) is 12.3. The van der Waals surface area contributed by atoms with Gasteiger partial charge in [0.15, 0.2) is 0 Å². The van der Waals surface area contributed by atoms with Crippen LogP contribution < -0.4 is 10.5 Å². The van der Waals surface area contributed by atoms with E-state index in [9.17, 15) is 8.78 Å². The summed E-state index contributed by atoms with van der Waals surface area (Å²) >= 11 is 0. The topological polar surface area (TPSA) is 71.9 Å². The van der Waals surface area contributed by atoms with Gasteiger partial charge in [0.1, 0.15) is 0 Å². The molecule has 0 unspecified atom stereocenters. The second-order valence-electron chi connectivity index (χ2n) is 3.04. The Morgan fingerprint density at radius 1 is 1.62 bits per heavy atom. The summed E-state index contributed by atoms with van der Waals surface area (Å²) in [6.07, 6.45) is -2.66. The normalized spacial score (nSPS) is 10.2. The van der Waals surface area contributed by atoms with Crippen molar-refractivity contribution in [2.75, 3.05) is 7.11 Å². The highest BCUT2D eigenvalue weighted by Gasteiger charge is 2.20. The van der Waals surface area contributed by atoms with Crippen molar-refractivity contribution in [2.45, 2.75) is 19.4 Å². The number of nitrogens with zero attached hydrogens (tertiary/aromatic N) is 2. The number of hydrogen-bond donors (Lipinski definition) is 1. The molecule has 16 heavy (non-hydrogen) atoms. The van der Waals surface area contributed by atoms with Crippen LogP contribution in [-0.2, 0) is 13.0 Å². The lowest BCUT2D eigenvalue weighted by Crippen LogP contribution is -2.08. The lowest BCUT2D eigenvalue weighted by atomic mass is 10.1. The van der Waals surface area contributed by atoms with E-state index in [2.05, 4.69) is 4.98 Å². The summed E-state index contributed by atoms with van der Waals surface area (Å²) in [5.41, 5.74) is 5.71. The van der Waals surface area contributed by atoms with E-state index in [0.29, 0.717) is 5.69 Å². The van der Waals surface area contributed by atoms with Crippen LogP contribution in [0.4, 0.5) is 8.78 Å². The molecule has 0 bridgehead atoms. The average Bonchev–Trinajstić information content (AvgIpc) is 2.27. The summed E-state index contributed by atoms with van der Waals surface area (Å²) in [6.45, 7) is -0.0447. The van der Waals surface area contributed by atoms with Gasteiger partial charge in [-0.2, -0.15) is 5.26 Å². The molecule has 0 aliphatic rings. The Kier molecular flexibility index (Phi) is 4.14. The fourth-order valence-electron chi connectivity index (χ4n) is 1.37. The minimum absolute atomic E-state index is 0.0346. The van der Waals surface area contributed by atoms with Crippen molar-refractivity contribution in [3.05, 3.63) is 22.9 Å². The molecule has 0 atom stereocenters. The van der Waals surface area contributed by atoms with E-state index in [4.69, 9.17) is 15.7 Å². The Balaban J connectivity index is 3.32. The van der Waals surface area contributed by atoms with Gasteiger partial charge in [0, 0.05) is 6.54 Å². The van der Waals surface area contributed by atoms with E-state index in [1.165, 1.54) is 13.2 Å². The summed E-state index contributed by atoms with van der Waals surface area (Å²) in [4.78, 5) is 3.83. The lowest BCUT2D eigenvalue weighted by molar-refractivity contribution is 0.144. The molecule has 86 valence electrons. The second kappa shape index (κ2) is 5.37. The maximum atomic E-state index is 12.7. The van der Waals surface area contributed by atoms with Crippen molar-refractivity contribution in [1.29, 1.82) is 5.26 Å². The van der Waals surface area contributed by atoms with Crippen LogP contribution in [-0.4, -0.2) is 12.1 Å². The standard InChI is InChI=1S/C10H11F2N3O/c1-16-10-8(9(11)12)6(5-14)4-7(15-10)2-3-13/h4,9H,2,5,14H2,1H3. The Labute approximate surface area is 91.7 Å². The maximum Gasteiger partial charge on any atom is 0.269 e. The number of pyridine rings is 1. The molecule has 0 saturated carbocycles. The Morgan fingerprint density at radius 3 is 2.75 bits per heavy atom. The number of nitriles is 1. The number of aromatic nitrogens is 1. The van der Waals surface area contributed by atoms with Crippen LogP contribution in [0.15, 0.2) is 6.07 Å². The summed E-state index contributed by atoms with van der Waals surface area (Å²) in [5.74, 6) is -0.164. The molecule has 1 aromatic rings. The first-order chi connectivity index (χ1) is 7.63. The number of rotatable bonds is 4. The summed E-state index contributed by atoms with van der Waals surface area (Å²) in [7, 11) is 1.25. The maximum absolute atomic E-state index is 12.7. The van der Waals surface area contributed by atoms with Crippen molar-refractivity contribution >= 4 is 0 Å². The molecule has 1 aromatic heterocycles. The molecule has 0 radical (unpaired) electrons. The van der Waals surface area contributed by atoms with Gasteiger partial charge >= 0.3 is 0 Å². The van der Waals surface area contributed by atoms with Crippen LogP contribution >= 0.6 is 0 Å². The van der Waals surface area contributed by atoms with E-state index in [-0.39, 0.29) is 30.0 Å². The van der Waals surface area contributed by atoms with Gasteiger partial charge < -0.3 is 10.5 Å². The largest absolute Gasteiger partial charge is 0.481 e. The minimum atomic E-state index is -2.70. The lowest BCUT2D eigenvalue weighted by Gasteiger charge is -2.12. The van der Waals surface area contributed by atoms with Gasteiger partial charge in [0.2, 0.25) is 5.88 Å². The van der Waals surface area contributed by atoms with Crippen molar-refractivity contribution in [1.82, 2.24) is 4.98 Å². The smallest absolute Gasteiger partial charge is 0.269 e. The highest BCUT2D eigenvalue weighted by molar-refractivity contribution is 5.38. The van der Waals surface area contributed by atoms with Gasteiger partial charge in [-0.15, -0.1) is 0 Å². The number of ether oxygens (including phenoxy) is 1. The number of nitrogens with two attached hydrogens (primary N) is 1. The van der Waals surface area contributed by atoms with Crippen molar-refractivity contribution < 1.29 is 13.5 Å². The van der Waals surface area contributed by atoms with Crippen molar-refractivity contribution in [3.8, 4) is 11.9 Å². The fourth-order valence-corrected chi connectivity index (χ4v) is 1.37. The average molecular weight is 227 g/mol. The van der Waals surface area contributed by atoms with E-state index in [1.807, 2.05) is 6.07 Å². The third-order valence-corrected chi connectivity index (χ3v) is 2.05. The van der Waals surface area contributed by atoms with Gasteiger partial charge in [0.05, 0.1) is 30.9 Å². The van der Waals surface area contributed by atoms with Crippen LogP contribution in [0.2, 0.25) is 0 Å². The first-order valence-corrected chi connectivity index (χ1v) is 4.55. The van der Waals surface area contributed by atoms with Crippen molar-refractivity contribution in [3.63, 3.8) is 0 Å². The first-order valence-electron chi connectivity index (χ1n) is 4.55. The van der Waals surface area contributed by atoms with E-state index in [1.54, 1.807) is 0 Å². The van der Waals surface area contributed by atoms with Gasteiger partial charge in [-0.05, 0) is 11.6 Å². The molecule has 0 spiro atoms. The molecule has 0 fully saturated rings. The molecule has 0 aromatic carbocycles. The predicted octanol–water partition coefficient (Wildman–Crippen LogP) is 1.55. The van der Waals surface area contributed by atoms with E-state index < -0.39 is 6.43 Å². The van der Waals surface area contributed by atoms with Crippen LogP contribution in [0, 0.1) is 11.3 Å². The van der Waals surface area contributed by atoms with Crippen LogP contribution in [0.5, 0.6) is 5.88 Å². The summed E-state index contributed by atoms with van der Waals surface area (Å²) < 4.78 is 30.3. The zero-order chi connectivity index (χ0) is 12.1. The Morgan fingerprint density at radius 2 is 2.31 bits per heavy atom. The second-order valence-corrected chi connectivity index (χ2v) is 3.04. The molecule has 0 aliphatic heterocycles. The highest BCUT2D eigenvalue weighted by atomic mass is 19.3. The van der Waals surface area contributed by atoms with Gasteiger partial charge in [-0.25, -0.2) is 13.8 Å². The highest BCUT2D eigenvalue weighted by Crippen LogP contribution is 2.31. The quantitative estimate of drug-likeness (QED) is 0.847. The van der Waals surface area contributed by atoms with Gasteiger partial charge in [0.25, 0.3) is 6.43 Å². The molecule has 0 aliphatic carbocycles. The molecule has 1 heterocycles. The molecular formula is C10H11F2N3O. The SMILES string of the molecule is COc1nc(CC#N)cc(CN)c1C(F)F. The van der Waals surface area contributed by atoms with Crippen LogP contribution in [0.3, 0.4) is 0 Å².